The van der Waals surface area contributed by atoms with E-state index in [9.17, 15) is 18.0 Å². The van der Waals surface area contributed by atoms with Gasteiger partial charge in [-0.3, -0.25) is 9.69 Å². The van der Waals surface area contributed by atoms with Crippen molar-refractivity contribution in [3.05, 3.63) is 35.9 Å². The lowest BCUT2D eigenvalue weighted by atomic mass is 9.90. The average molecular weight is 598 g/mol. The van der Waals surface area contributed by atoms with Crippen molar-refractivity contribution in [2.75, 3.05) is 47.8 Å². The first-order valence-corrected chi connectivity index (χ1v) is 16.4. The van der Waals surface area contributed by atoms with Crippen LogP contribution >= 0.6 is 0 Å². The quantitative estimate of drug-likeness (QED) is 0.528. The van der Waals surface area contributed by atoms with Gasteiger partial charge in [0.15, 0.2) is 5.03 Å². The number of sulfonamides is 1. The molecule has 12 heteroatoms. The Bertz CT molecular complexity index is 1450. The molecule has 2 aromatic heterocycles. The van der Waals surface area contributed by atoms with Gasteiger partial charge < -0.3 is 15.1 Å². The fourth-order valence-electron chi connectivity index (χ4n) is 6.23. The second-order valence-corrected chi connectivity index (χ2v) is 15.1. The molecule has 0 radical (unpaired) electrons. The van der Waals surface area contributed by atoms with Crippen LogP contribution in [0.4, 0.5) is 22.2 Å². The van der Waals surface area contributed by atoms with Crippen molar-refractivity contribution in [1.82, 2.24) is 19.6 Å². The van der Waals surface area contributed by atoms with Gasteiger partial charge in [0.2, 0.25) is 0 Å². The number of fused-ring (bicyclic) bond motifs is 6. The maximum absolute atomic E-state index is 13.6. The van der Waals surface area contributed by atoms with Gasteiger partial charge in [-0.05, 0) is 81.5 Å². The summed E-state index contributed by atoms with van der Waals surface area (Å²) < 4.78 is 28.6. The van der Waals surface area contributed by atoms with E-state index in [0.717, 1.165) is 32.1 Å². The maximum atomic E-state index is 13.6. The largest absolute Gasteiger partial charge is 0.370 e. The third-order valence-corrected chi connectivity index (χ3v) is 9.60. The molecule has 42 heavy (non-hydrogen) atoms. The molecule has 5 heterocycles. The van der Waals surface area contributed by atoms with Gasteiger partial charge in [-0.25, -0.2) is 19.5 Å². The molecule has 4 bridgehead atoms. The van der Waals surface area contributed by atoms with Crippen LogP contribution in [0.5, 0.6) is 0 Å². The lowest BCUT2D eigenvalue weighted by Gasteiger charge is -2.34. The van der Waals surface area contributed by atoms with Gasteiger partial charge in [0, 0.05) is 38.3 Å². The van der Waals surface area contributed by atoms with Gasteiger partial charge in [-0.15, -0.1) is 0 Å². The van der Waals surface area contributed by atoms with E-state index in [2.05, 4.69) is 54.5 Å². The van der Waals surface area contributed by atoms with Crippen LogP contribution in [0.15, 0.2) is 35.4 Å². The van der Waals surface area contributed by atoms with Crippen LogP contribution in [-0.2, 0) is 10.0 Å². The molecule has 0 saturated carbocycles. The van der Waals surface area contributed by atoms with E-state index >= 15 is 0 Å². The third-order valence-electron chi connectivity index (χ3n) is 8.37. The van der Waals surface area contributed by atoms with Crippen molar-refractivity contribution in [3.8, 4) is 0 Å². The summed E-state index contributed by atoms with van der Waals surface area (Å²) in [6.07, 6.45) is 4.69. The Morgan fingerprint density at radius 3 is 2.62 bits per heavy atom. The Morgan fingerprint density at radius 1 is 1.07 bits per heavy atom. The van der Waals surface area contributed by atoms with Crippen LogP contribution in [0.25, 0.3) is 0 Å². The summed E-state index contributed by atoms with van der Waals surface area (Å²) in [5, 5.41) is 2.97. The molecule has 3 aliphatic rings. The van der Waals surface area contributed by atoms with Gasteiger partial charge in [-0.2, -0.15) is 8.42 Å². The number of rotatable bonds is 4. The van der Waals surface area contributed by atoms with E-state index in [-0.39, 0.29) is 27.6 Å². The Hall–Kier alpha value is -3.41. The molecule has 2 N–H and O–H groups in total. The van der Waals surface area contributed by atoms with Crippen LogP contribution in [-0.4, -0.2) is 73.5 Å². The number of aromatic nitrogens is 2. The van der Waals surface area contributed by atoms with Crippen molar-refractivity contribution < 1.29 is 18.0 Å². The lowest BCUT2D eigenvalue weighted by Crippen LogP contribution is -2.41. The zero-order valence-electron chi connectivity index (χ0n) is 25.3. The number of hydrogen-bond donors (Lipinski definition) is 2. The van der Waals surface area contributed by atoms with Crippen molar-refractivity contribution in [1.29, 1.82) is 0 Å². The number of carbonyl (C=O) groups excluding carboxylic acids is 2. The van der Waals surface area contributed by atoms with E-state index in [1.165, 1.54) is 6.07 Å². The summed E-state index contributed by atoms with van der Waals surface area (Å²) in [7, 11) is -4.24. The van der Waals surface area contributed by atoms with Gasteiger partial charge >= 0.3 is 6.03 Å². The van der Waals surface area contributed by atoms with Crippen molar-refractivity contribution in [2.24, 2.45) is 11.3 Å². The fraction of sp³-hybridized carbons (Fsp3) is 0.600. The number of hydrogen-bond acceptors (Lipinski definition) is 8. The van der Waals surface area contributed by atoms with Gasteiger partial charge in [0.1, 0.15) is 17.5 Å². The Morgan fingerprint density at radius 2 is 1.86 bits per heavy atom. The van der Waals surface area contributed by atoms with Crippen LogP contribution in [0.2, 0.25) is 0 Å². The summed E-state index contributed by atoms with van der Waals surface area (Å²) in [6.45, 7) is 14.0. The second kappa shape index (κ2) is 11.3. The van der Waals surface area contributed by atoms with Crippen LogP contribution in [0.1, 0.15) is 77.1 Å². The molecule has 0 aliphatic carbocycles. The molecule has 2 fully saturated rings. The van der Waals surface area contributed by atoms with Crippen LogP contribution in [0.3, 0.4) is 0 Å². The number of amides is 3. The standard InChI is InChI=1S/C30H43N7O4S/c1-29(2,3)14-8-16-35-17-18-36(28(35)39)24-13-12-22-26(33-24)37-20-21(19-30(37,4)5)9-7-15-31-23-10-6-11-25(32-23)42(40,41)34-27(22)38/h6,10-13,21H,7-9,14-20H2,1-5H3,(H,31,32)(H,34,38)/t21-/m0/s1. The summed E-state index contributed by atoms with van der Waals surface area (Å²) in [5.41, 5.74) is 0.0269. The summed E-state index contributed by atoms with van der Waals surface area (Å²) in [4.78, 5) is 41.7. The van der Waals surface area contributed by atoms with Gasteiger partial charge in [0.25, 0.3) is 15.9 Å². The monoisotopic (exact) mass is 597 g/mol. The summed E-state index contributed by atoms with van der Waals surface area (Å²) in [5.74, 6) is 0.880. The molecule has 11 nitrogen and oxygen atoms in total. The highest BCUT2D eigenvalue weighted by atomic mass is 32.2. The molecule has 3 amide bonds. The Balaban J connectivity index is 1.48. The minimum absolute atomic E-state index is 0.0995. The average Bonchev–Trinajstić information content (AvgIpc) is 3.42. The molecule has 3 aliphatic heterocycles. The van der Waals surface area contributed by atoms with Gasteiger partial charge in [0.05, 0.1) is 5.56 Å². The van der Waals surface area contributed by atoms with Crippen LogP contribution in [0, 0.1) is 11.3 Å². The van der Waals surface area contributed by atoms with E-state index in [1.807, 2.05) is 4.90 Å². The highest BCUT2D eigenvalue weighted by Gasteiger charge is 2.41. The Kier molecular flexibility index (Phi) is 8.12. The molecule has 228 valence electrons. The zero-order chi connectivity index (χ0) is 30.3. The number of nitrogens with one attached hydrogen (secondary N) is 2. The van der Waals surface area contributed by atoms with Crippen molar-refractivity contribution in [3.63, 3.8) is 0 Å². The summed E-state index contributed by atoms with van der Waals surface area (Å²) >= 11 is 0. The molecule has 5 rings (SSSR count). The van der Waals surface area contributed by atoms with Gasteiger partial charge in [-0.1, -0.05) is 26.8 Å². The SMILES string of the molecule is CC(C)(C)CCCN1CCN(c2ccc3c(n2)N2C[C@@H](CCCNc4cccc(n4)S(=O)(=O)NC3=O)CC2(C)C)C1=O. The van der Waals surface area contributed by atoms with E-state index < -0.39 is 15.9 Å². The van der Waals surface area contributed by atoms with E-state index in [0.29, 0.717) is 56.1 Å². The number of nitrogens with zero attached hydrogens (tertiary/aromatic N) is 5. The smallest absolute Gasteiger partial charge is 0.325 e. The molecular formula is C30H43N7O4S. The fourth-order valence-corrected chi connectivity index (χ4v) is 7.16. The number of carbonyl (C=O) groups is 2. The molecular weight excluding hydrogens is 554 g/mol. The predicted molar refractivity (Wildman–Crippen MR) is 163 cm³/mol. The zero-order valence-corrected chi connectivity index (χ0v) is 26.1. The normalized spacial score (nSPS) is 22.2. The molecule has 0 spiro atoms. The first-order chi connectivity index (χ1) is 19.7. The second-order valence-electron chi connectivity index (χ2n) is 13.5. The third kappa shape index (κ3) is 6.48. The molecule has 0 unspecified atom stereocenters. The lowest BCUT2D eigenvalue weighted by molar-refractivity contribution is 0.0981. The predicted octanol–water partition coefficient (Wildman–Crippen LogP) is 4.47. The first-order valence-electron chi connectivity index (χ1n) is 14.9. The minimum atomic E-state index is -4.24. The van der Waals surface area contributed by atoms with E-state index in [4.69, 9.17) is 4.98 Å². The molecule has 2 aromatic rings. The highest BCUT2D eigenvalue weighted by molar-refractivity contribution is 7.90. The number of anilines is 3. The maximum Gasteiger partial charge on any atom is 0.325 e. The topological polar surface area (TPSA) is 128 Å². The first kappa shape index (κ1) is 30.1. The van der Waals surface area contributed by atoms with Crippen molar-refractivity contribution in [2.45, 2.75) is 77.3 Å². The molecule has 1 atom stereocenters. The van der Waals surface area contributed by atoms with E-state index in [1.54, 1.807) is 29.2 Å². The van der Waals surface area contributed by atoms with Crippen LogP contribution < -0.4 is 19.8 Å². The highest BCUT2D eigenvalue weighted by Crippen LogP contribution is 2.40. The van der Waals surface area contributed by atoms with Crippen molar-refractivity contribution >= 4 is 39.4 Å². The number of pyridine rings is 2. The molecule has 2 saturated heterocycles. The number of urea groups is 1. The summed E-state index contributed by atoms with van der Waals surface area (Å²) in [6, 6.07) is 7.80. The minimum Gasteiger partial charge on any atom is -0.370 e. The Labute approximate surface area is 249 Å². The molecule has 0 aromatic carbocycles.